The Labute approximate surface area is 171 Å². The predicted octanol–water partition coefficient (Wildman–Crippen LogP) is 1.06. The van der Waals surface area contributed by atoms with Crippen molar-refractivity contribution in [3.05, 3.63) is 59.7 Å². The smallest absolute Gasteiger partial charge is 0.259 e. The third-order valence-corrected chi connectivity index (χ3v) is 4.91. The average Bonchev–Trinajstić information content (AvgIpc) is 2.77. The Bertz CT molecular complexity index is 833. The maximum Gasteiger partial charge on any atom is 0.259 e. The van der Waals surface area contributed by atoms with Gasteiger partial charge >= 0.3 is 0 Å². The molecule has 3 rings (SSSR count). The lowest BCUT2D eigenvalue weighted by atomic mass is 10.1. The van der Waals surface area contributed by atoms with Crippen molar-refractivity contribution in [2.75, 3.05) is 45.3 Å². The van der Waals surface area contributed by atoms with Gasteiger partial charge in [-0.2, -0.15) is 5.10 Å². The SMILES string of the molecule is COc1ccc(/C(C)=N\NC(=O)CNc2ccccc2)cc1C[NH+]1CCOCC1. The number of hydrogen-bond donors (Lipinski definition) is 3. The number of carbonyl (C=O) groups is 1. The third kappa shape index (κ3) is 6.30. The molecule has 154 valence electrons. The van der Waals surface area contributed by atoms with Crippen LogP contribution in [-0.4, -0.2) is 51.6 Å². The van der Waals surface area contributed by atoms with Crippen molar-refractivity contribution in [1.29, 1.82) is 0 Å². The molecule has 0 unspecified atom stereocenters. The van der Waals surface area contributed by atoms with E-state index in [2.05, 4.69) is 21.9 Å². The summed E-state index contributed by atoms with van der Waals surface area (Å²) in [6, 6.07) is 15.6. The van der Waals surface area contributed by atoms with E-state index in [-0.39, 0.29) is 12.5 Å². The van der Waals surface area contributed by atoms with E-state index in [0.29, 0.717) is 0 Å². The van der Waals surface area contributed by atoms with Gasteiger partial charge in [0, 0.05) is 11.3 Å². The minimum Gasteiger partial charge on any atom is -0.496 e. The minimum atomic E-state index is -0.195. The zero-order valence-corrected chi connectivity index (χ0v) is 17.0. The Morgan fingerprint density at radius 2 is 1.93 bits per heavy atom. The number of anilines is 1. The monoisotopic (exact) mass is 397 g/mol. The average molecular weight is 397 g/mol. The van der Waals surface area contributed by atoms with E-state index in [0.717, 1.165) is 61.1 Å². The summed E-state index contributed by atoms with van der Waals surface area (Å²) in [6.07, 6.45) is 0. The molecule has 1 amide bonds. The molecule has 0 saturated carbocycles. The van der Waals surface area contributed by atoms with Gasteiger partial charge in [0.25, 0.3) is 5.91 Å². The second-order valence-electron chi connectivity index (χ2n) is 7.02. The van der Waals surface area contributed by atoms with E-state index in [1.54, 1.807) is 7.11 Å². The summed E-state index contributed by atoms with van der Waals surface area (Å²) in [5.74, 6) is 0.677. The molecular formula is C22H29N4O3+. The van der Waals surface area contributed by atoms with E-state index in [9.17, 15) is 4.79 Å². The van der Waals surface area contributed by atoms with Crippen LogP contribution < -0.4 is 20.4 Å². The molecule has 0 aromatic heterocycles. The van der Waals surface area contributed by atoms with Crippen molar-refractivity contribution in [1.82, 2.24) is 5.43 Å². The highest BCUT2D eigenvalue weighted by molar-refractivity contribution is 5.99. The molecule has 2 aromatic carbocycles. The molecule has 29 heavy (non-hydrogen) atoms. The Balaban J connectivity index is 1.60. The molecule has 1 heterocycles. The van der Waals surface area contributed by atoms with Gasteiger partial charge in [0.1, 0.15) is 25.4 Å². The van der Waals surface area contributed by atoms with Gasteiger partial charge in [-0.25, -0.2) is 5.43 Å². The fourth-order valence-electron chi connectivity index (χ4n) is 3.24. The summed E-state index contributed by atoms with van der Waals surface area (Å²) in [5, 5.41) is 7.33. The zero-order chi connectivity index (χ0) is 20.5. The van der Waals surface area contributed by atoms with Crippen LogP contribution >= 0.6 is 0 Å². The van der Waals surface area contributed by atoms with Crippen LogP contribution in [0.4, 0.5) is 5.69 Å². The molecular weight excluding hydrogens is 368 g/mol. The standard InChI is InChI=1S/C22H28N4O3/c1-17(24-25-22(27)15-23-20-6-4-3-5-7-20)18-8-9-21(28-2)19(14-18)16-26-10-12-29-13-11-26/h3-9,14,23H,10-13,15-16H2,1-2H3,(H,25,27)/p+1/b24-17-. The minimum absolute atomic E-state index is 0.162. The largest absolute Gasteiger partial charge is 0.496 e. The third-order valence-electron chi connectivity index (χ3n) is 4.91. The molecule has 1 fully saturated rings. The number of amides is 1. The van der Waals surface area contributed by atoms with Crippen molar-refractivity contribution < 1.29 is 19.2 Å². The molecule has 0 atom stereocenters. The lowest BCUT2D eigenvalue weighted by molar-refractivity contribution is -0.921. The Hall–Kier alpha value is -2.90. The van der Waals surface area contributed by atoms with Gasteiger partial charge in [0.15, 0.2) is 0 Å². The molecule has 1 saturated heterocycles. The number of nitrogens with zero attached hydrogens (tertiary/aromatic N) is 1. The van der Waals surface area contributed by atoms with Gasteiger partial charge in [-0.15, -0.1) is 0 Å². The van der Waals surface area contributed by atoms with E-state index in [1.165, 1.54) is 4.90 Å². The summed E-state index contributed by atoms with van der Waals surface area (Å²) in [6.45, 7) is 6.49. The van der Waals surface area contributed by atoms with Crippen molar-refractivity contribution in [2.24, 2.45) is 5.10 Å². The molecule has 1 aliphatic heterocycles. The highest BCUT2D eigenvalue weighted by Gasteiger charge is 2.17. The van der Waals surface area contributed by atoms with Crippen molar-refractivity contribution in [2.45, 2.75) is 13.5 Å². The number of benzene rings is 2. The van der Waals surface area contributed by atoms with Crippen LogP contribution in [0.5, 0.6) is 5.75 Å². The first-order valence-electron chi connectivity index (χ1n) is 9.86. The first kappa shape index (κ1) is 20.8. The quantitative estimate of drug-likeness (QED) is 0.460. The Morgan fingerprint density at radius 1 is 1.17 bits per heavy atom. The van der Waals surface area contributed by atoms with Crippen LogP contribution in [0.15, 0.2) is 53.6 Å². The number of rotatable bonds is 8. The van der Waals surface area contributed by atoms with Gasteiger partial charge in [0.05, 0.1) is 32.6 Å². The van der Waals surface area contributed by atoms with E-state index < -0.39 is 0 Å². The van der Waals surface area contributed by atoms with Gasteiger partial charge in [0.2, 0.25) is 0 Å². The molecule has 7 heteroatoms. The highest BCUT2D eigenvalue weighted by atomic mass is 16.5. The van der Waals surface area contributed by atoms with Crippen LogP contribution in [-0.2, 0) is 16.1 Å². The molecule has 7 nitrogen and oxygen atoms in total. The number of quaternary nitrogens is 1. The van der Waals surface area contributed by atoms with E-state index in [1.807, 2.05) is 49.4 Å². The Kier molecular flexibility index (Phi) is 7.61. The fourth-order valence-corrected chi connectivity index (χ4v) is 3.24. The second kappa shape index (κ2) is 10.6. The normalized spacial score (nSPS) is 15.0. The van der Waals surface area contributed by atoms with Crippen molar-refractivity contribution in [3.8, 4) is 5.75 Å². The number of hydrogen-bond acceptors (Lipinski definition) is 5. The van der Waals surface area contributed by atoms with Crippen LogP contribution in [0.25, 0.3) is 0 Å². The van der Waals surface area contributed by atoms with E-state index >= 15 is 0 Å². The van der Waals surface area contributed by atoms with Crippen LogP contribution in [0.3, 0.4) is 0 Å². The Morgan fingerprint density at radius 3 is 2.66 bits per heavy atom. The molecule has 0 bridgehead atoms. The number of carbonyl (C=O) groups excluding carboxylic acids is 1. The maximum absolute atomic E-state index is 12.1. The van der Waals surface area contributed by atoms with Gasteiger partial charge < -0.3 is 19.7 Å². The lowest BCUT2D eigenvalue weighted by Crippen LogP contribution is -3.12. The fraction of sp³-hybridized carbons (Fsp3) is 0.364. The molecule has 0 spiro atoms. The summed E-state index contributed by atoms with van der Waals surface area (Å²) in [4.78, 5) is 13.5. The summed E-state index contributed by atoms with van der Waals surface area (Å²) in [7, 11) is 1.69. The molecule has 0 radical (unpaired) electrons. The molecule has 3 N–H and O–H groups in total. The van der Waals surface area contributed by atoms with Crippen molar-refractivity contribution >= 4 is 17.3 Å². The van der Waals surface area contributed by atoms with Gasteiger partial charge in [-0.1, -0.05) is 18.2 Å². The number of ether oxygens (including phenoxy) is 2. The number of morpholine rings is 1. The first-order chi connectivity index (χ1) is 14.2. The van der Waals surface area contributed by atoms with Crippen LogP contribution in [0.1, 0.15) is 18.1 Å². The zero-order valence-electron chi connectivity index (χ0n) is 17.0. The topological polar surface area (TPSA) is 76.4 Å². The van der Waals surface area contributed by atoms with Crippen molar-refractivity contribution in [3.63, 3.8) is 0 Å². The highest BCUT2D eigenvalue weighted by Crippen LogP contribution is 2.19. The van der Waals surface area contributed by atoms with Gasteiger partial charge in [-0.3, -0.25) is 4.79 Å². The molecule has 0 aliphatic carbocycles. The molecule has 2 aromatic rings. The second-order valence-corrected chi connectivity index (χ2v) is 7.02. The number of hydrazone groups is 1. The predicted molar refractivity (Wildman–Crippen MR) is 113 cm³/mol. The number of methoxy groups -OCH3 is 1. The maximum atomic E-state index is 12.1. The van der Waals surface area contributed by atoms with E-state index in [4.69, 9.17) is 9.47 Å². The number of para-hydroxylation sites is 1. The summed E-state index contributed by atoms with van der Waals surface area (Å²) < 4.78 is 11.0. The lowest BCUT2D eigenvalue weighted by Gasteiger charge is -2.24. The molecule has 1 aliphatic rings. The van der Waals surface area contributed by atoms with Crippen LogP contribution in [0.2, 0.25) is 0 Å². The van der Waals surface area contributed by atoms with Gasteiger partial charge in [-0.05, 0) is 42.8 Å². The first-order valence-corrected chi connectivity index (χ1v) is 9.86. The van der Waals surface area contributed by atoms with Crippen LogP contribution in [0, 0.1) is 0 Å². The summed E-state index contributed by atoms with van der Waals surface area (Å²) >= 11 is 0. The number of nitrogens with one attached hydrogen (secondary N) is 3. The summed E-state index contributed by atoms with van der Waals surface area (Å²) in [5.41, 5.74) is 6.36.